The van der Waals surface area contributed by atoms with Crippen molar-refractivity contribution < 1.29 is 14.3 Å². The Bertz CT molecular complexity index is 1430. The lowest BCUT2D eigenvalue weighted by atomic mass is 9.90. The average Bonchev–Trinajstić information content (AvgIpc) is 3.62. The van der Waals surface area contributed by atoms with Crippen LogP contribution in [-0.4, -0.2) is 45.4 Å². The molecule has 46 heavy (non-hydrogen) atoms. The zero-order chi connectivity index (χ0) is 32.0. The molecular weight excluding hydrogens is 570 g/mol. The van der Waals surface area contributed by atoms with E-state index >= 15 is 4.79 Å². The van der Waals surface area contributed by atoms with Crippen LogP contribution in [0.2, 0.25) is 0 Å². The molecule has 1 aromatic heterocycles. The molecule has 6 heteroatoms. The molecule has 1 aliphatic rings. The van der Waals surface area contributed by atoms with Crippen LogP contribution in [0.3, 0.4) is 0 Å². The molecule has 240 valence electrons. The Hall–Kier alpha value is -4.45. The molecule has 0 radical (unpaired) electrons. The highest BCUT2D eigenvalue weighted by Crippen LogP contribution is 2.38. The zero-order valence-corrected chi connectivity index (χ0v) is 27.1. The van der Waals surface area contributed by atoms with E-state index in [1.54, 1.807) is 24.3 Å². The van der Waals surface area contributed by atoms with Gasteiger partial charge >= 0.3 is 6.09 Å². The van der Waals surface area contributed by atoms with Gasteiger partial charge in [-0.25, -0.2) is 4.79 Å². The van der Waals surface area contributed by atoms with Crippen molar-refractivity contribution >= 4 is 12.0 Å². The van der Waals surface area contributed by atoms with Crippen LogP contribution in [0.15, 0.2) is 116 Å². The van der Waals surface area contributed by atoms with Gasteiger partial charge in [0.15, 0.2) is 0 Å². The fraction of sp³-hybridized carbons (Fsp3) is 0.375. The number of benzene rings is 3. The number of aromatic nitrogens is 1. The van der Waals surface area contributed by atoms with E-state index in [-0.39, 0.29) is 18.6 Å². The van der Waals surface area contributed by atoms with E-state index in [2.05, 4.69) is 58.4 Å². The second kappa shape index (κ2) is 16.7. The maximum Gasteiger partial charge on any atom is 0.410 e. The summed E-state index contributed by atoms with van der Waals surface area (Å²) in [4.78, 5) is 36.5. The van der Waals surface area contributed by atoms with Gasteiger partial charge < -0.3 is 9.64 Å². The van der Waals surface area contributed by atoms with Crippen molar-refractivity contribution in [1.29, 1.82) is 0 Å². The number of hydrogen-bond donors (Lipinski definition) is 0. The third-order valence-electron chi connectivity index (χ3n) is 9.45. The molecule has 6 nitrogen and oxygen atoms in total. The second-order valence-electron chi connectivity index (χ2n) is 12.5. The average molecular weight is 618 g/mol. The molecule has 0 N–H and O–H groups in total. The third kappa shape index (κ3) is 8.84. The lowest BCUT2D eigenvalue weighted by Crippen LogP contribution is -2.60. The van der Waals surface area contributed by atoms with Crippen molar-refractivity contribution in [3.8, 4) is 0 Å². The molecule has 1 fully saturated rings. The number of amides is 2. The summed E-state index contributed by atoms with van der Waals surface area (Å²) in [5.41, 5.74) is 3.66. The molecule has 1 aliphatic carbocycles. The number of carbonyl (C=O) groups excluding carboxylic acids is 2. The van der Waals surface area contributed by atoms with E-state index in [9.17, 15) is 4.79 Å². The molecule has 0 unspecified atom stereocenters. The van der Waals surface area contributed by atoms with Crippen LogP contribution in [0.5, 0.6) is 0 Å². The lowest BCUT2D eigenvalue weighted by molar-refractivity contribution is -0.146. The molecule has 4 aromatic rings. The second-order valence-corrected chi connectivity index (χ2v) is 12.5. The first-order valence-electron chi connectivity index (χ1n) is 16.8. The van der Waals surface area contributed by atoms with E-state index in [1.807, 2.05) is 54.6 Å². The van der Waals surface area contributed by atoms with E-state index in [0.29, 0.717) is 19.4 Å². The van der Waals surface area contributed by atoms with Crippen molar-refractivity contribution in [3.05, 3.63) is 138 Å². The first-order valence-corrected chi connectivity index (χ1v) is 16.8. The van der Waals surface area contributed by atoms with Gasteiger partial charge in [-0.05, 0) is 85.8 Å². The first-order chi connectivity index (χ1) is 22.5. The molecule has 0 spiro atoms. The van der Waals surface area contributed by atoms with E-state index in [1.165, 1.54) is 11.1 Å². The van der Waals surface area contributed by atoms with Gasteiger partial charge in [-0.2, -0.15) is 0 Å². The van der Waals surface area contributed by atoms with Crippen LogP contribution < -0.4 is 0 Å². The predicted molar refractivity (Wildman–Crippen MR) is 183 cm³/mol. The van der Waals surface area contributed by atoms with Crippen LogP contribution >= 0.6 is 0 Å². The van der Waals surface area contributed by atoms with Crippen molar-refractivity contribution in [3.63, 3.8) is 0 Å². The van der Waals surface area contributed by atoms with E-state index < -0.39 is 11.6 Å². The number of likely N-dealkylation sites (N-methyl/N-ethyl adjacent to an activating group) is 1. The molecule has 0 atom stereocenters. The highest BCUT2D eigenvalue weighted by atomic mass is 16.6. The highest BCUT2D eigenvalue weighted by Gasteiger charge is 2.50. The Labute approximate surface area is 274 Å². The SMILES string of the molecule is CN(C(=O)OCc1ccccc1)C1(C(=O)N(Cc2ccncc2)C(CCCc2ccccc2)CCCc2ccccc2)CCCC1. The molecule has 2 amide bonds. The van der Waals surface area contributed by atoms with Gasteiger partial charge in [0.1, 0.15) is 12.1 Å². The van der Waals surface area contributed by atoms with Crippen molar-refractivity contribution in [2.45, 2.75) is 88.9 Å². The number of aryl methyl sites for hydroxylation is 2. The Morgan fingerprint density at radius 3 is 1.74 bits per heavy atom. The predicted octanol–water partition coefficient (Wildman–Crippen LogP) is 8.41. The monoisotopic (exact) mass is 617 g/mol. The summed E-state index contributed by atoms with van der Waals surface area (Å²) in [6.07, 6.45) is 11.8. The zero-order valence-electron chi connectivity index (χ0n) is 27.1. The smallest absolute Gasteiger partial charge is 0.410 e. The lowest BCUT2D eigenvalue weighted by Gasteiger charge is -2.43. The maximum atomic E-state index is 15.1. The standard InChI is InChI=1S/C40H47N3O3/c1-42(39(45)46-32-36-19-9-4-10-20-36)40(27-11-12-28-40)38(44)43(31-35-25-29-41-30-26-35)37(23-13-21-33-15-5-2-6-16-33)24-14-22-34-17-7-3-8-18-34/h2-10,15-20,25-26,29-30,37H,11-14,21-24,27-28,31-32H2,1H3. The Balaban J connectivity index is 1.40. The highest BCUT2D eigenvalue weighted by molar-refractivity contribution is 5.90. The summed E-state index contributed by atoms with van der Waals surface area (Å²) >= 11 is 0. The summed E-state index contributed by atoms with van der Waals surface area (Å²) in [7, 11) is 1.75. The van der Waals surface area contributed by atoms with Crippen LogP contribution in [0.1, 0.15) is 73.6 Å². The van der Waals surface area contributed by atoms with Gasteiger partial charge in [-0.3, -0.25) is 14.7 Å². The molecule has 1 heterocycles. The summed E-state index contributed by atoms with van der Waals surface area (Å²) < 4.78 is 5.77. The molecule has 0 saturated heterocycles. The molecule has 5 rings (SSSR count). The first kappa shape index (κ1) is 32.9. The third-order valence-corrected chi connectivity index (χ3v) is 9.45. The van der Waals surface area contributed by atoms with Gasteiger partial charge in [0.25, 0.3) is 0 Å². The van der Waals surface area contributed by atoms with Gasteiger partial charge in [-0.1, -0.05) is 104 Å². The fourth-order valence-corrected chi connectivity index (χ4v) is 6.79. The molecule has 1 saturated carbocycles. The summed E-state index contributed by atoms with van der Waals surface area (Å²) in [5, 5.41) is 0. The molecular formula is C40H47N3O3. The van der Waals surface area contributed by atoms with Crippen LogP contribution in [0.4, 0.5) is 4.79 Å². The number of ether oxygens (including phenoxy) is 1. The van der Waals surface area contributed by atoms with Gasteiger partial charge in [-0.15, -0.1) is 0 Å². The topological polar surface area (TPSA) is 62.7 Å². The van der Waals surface area contributed by atoms with Crippen LogP contribution in [0.25, 0.3) is 0 Å². The number of rotatable bonds is 15. The van der Waals surface area contributed by atoms with Crippen LogP contribution in [0, 0.1) is 0 Å². The Morgan fingerprint density at radius 2 is 1.22 bits per heavy atom. The minimum absolute atomic E-state index is 0.0271. The van der Waals surface area contributed by atoms with E-state index in [4.69, 9.17) is 4.74 Å². The molecule has 3 aromatic carbocycles. The number of pyridine rings is 1. The fourth-order valence-electron chi connectivity index (χ4n) is 6.79. The largest absolute Gasteiger partial charge is 0.445 e. The van der Waals surface area contributed by atoms with Crippen molar-refractivity contribution in [1.82, 2.24) is 14.8 Å². The number of hydrogen-bond acceptors (Lipinski definition) is 4. The Morgan fingerprint density at radius 1 is 0.717 bits per heavy atom. The van der Waals surface area contributed by atoms with Crippen molar-refractivity contribution in [2.75, 3.05) is 7.05 Å². The minimum atomic E-state index is -0.933. The van der Waals surface area contributed by atoms with Crippen molar-refractivity contribution in [2.24, 2.45) is 0 Å². The molecule has 0 bridgehead atoms. The van der Waals surface area contributed by atoms with Gasteiger partial charge in [0.2, 0.25) is 5.91 Å². The molecule has 0 aliphatic heterocycles. The minimum Gasteiger partial charge on any atom is -0.445 e. The number of carbonyl (C=O) groups is 2. The normalized spacial score (nSPS) is 13.8. The summed E-state index contributed by atoms with van der Waals surface area (Å²) in [6.45, 7) is 0.661. The Kier molecular flexibility index (Phi) is 12.0. The quantitative estimate of drug-likeness (QED) is 0.134. The summed E-state index contributed by atoms with van der Waals surface area (Å²) in [6, 6.07) is 34.8. The summed E-state index contributed by atoms with van der Waals surface area (Å²) in [5.74, 6) is 0.0328. The van der Waals surface area contributed by atoms with E-state index in [0.717, 1.165) is 62.5 Å². The van der Waals surface area contributed by atoms with Gasteiger partial charge in [0.05, 0.1) is 0 Å². The number of nitrogens with zero attached hydrogens (tertiary/aromatic N) is 3. The maximum absolute atomic E-state index is 15.1. The van der Waals surface area contributed by atoms with Gasteiger partial charge in [0, 0.05) is 32.0 Å². The van der Waals surface area contributed by atoms with Crippen LogP contribution in [-0.2, 0) is 35.5 Å².